The molecule has 1 atom stereocenters. The molecule has 3 nitrogen and oxygen atoms in total. The maximum atomic E-state index is 9.14. The third-order valence-corrected chi connectivity index (χ3v) is 6.15. The summed E-state index contributed by atoms with van der Waals surface area (Å²) in [5.74, 6) is 1.71. The summed E-state index contributed by atoms with van der Waals surface area (Å²) in [6, 6.07) is 11.3. The highest BCUT2D eigenvalue weighted by atomic mass is 31.2. The van der Waals surface area contributed by atoms with Crippen LogP contribution in [0, 0.1) is 6.92 Å². The van der Waals surface area contributed by atoms with Crippen LogP contribution in [0.5, 0.6) is 5.75 Å². The molecule has 4 heteroatoms. The first-order valence-corrected chi connectivity index (χ1v) is 11.9. The molecule has 2 N–H and O–H groups in total. The molecule has 0 amide bonds. The summed E-state index contributed by atoms with van der Waals surface area (Å²) in [5, 5.41) is 0. The van der Waals surface area contributed by atoms with Gasteiger partial charge in [-0.05, 0) is 84.0 Å². The van der Waals surface area contributed by atoms with Gasteiger partial charge in [0.25, 0.3) is 0 Å². The molecule has 1 aliphatic rings. The Morgan fingerprint density at radius 2 is 1.96 bits per heavy atom. The fourth-order valence-electron chi connectivity index (χ4n) is 4.60. The molecule has 0 radical (unpaired) electrons. The molecule has 0 fully saturated rings. The van der Waals surface area contributed by atoms with Crippen molar-refractivity contribution in [2.45, 2.75) is 71.6 Å². The maximum Gasteiger partial charge on any atom is 0.205 e. The van der Waals surface area contributed by atoms with E-state index in [1.54, 1.807) is 0 Å². The Balaban J connectivity index is 1.97. The van der Waals surface area contributed by atoms with Crippen LogP contribution < -0.4 is 4.74 Å². The lowest BCUT2D eigenvalue weighted by atomic mass is 9.76. The van der Waals surface area contributed by atoms with E-state index in [9.17, 15) is 0 Å². The van der Waals surface area contributed by atoms with Crippen LogP contribution in [-0.4, -0.2) is 16.1 Å². The minimum atomic E-state index is -2.03. The molecule has 0 aliphatic heterocycles. The summed E-state index contributed by atoms with van der Waals surface area (Å²) in [6.45, 7) is 8.98. The minimum Gasteiger partial charge on any atom is -0.484 e. The highest BCUT2D eigenvalue weighted by molar-refractivity contribution is 7.44. The summed E-state index contributed by atoms with van der Waals surface area (Å²) >= 11 is 0. The van der Waals surface area contributed by atoms with Gasteiger partial charge in [-0.3, -0.25) is 0 Å². The molecule has 1 aliphatic carbocycles. The van der Waals surface area contributed by atoms with E-state index in [0.717, 1.165) is 18.6 Å². The van der Waals surface area contributed by atoms with E-state index in [0.29, 0.717) is 11.8 Å². The zero-order chi connectivity index (χ0) is 20.3. The Morgan fingerprint density at radius 3 is 2.64 bits per heavy atom. The molecule has 0 saturated carbocycles. The van der Waals surface area contributed by atoms with Gasteiger partial charge in [0.2, 0.25) is 8.38 Å². The molecule has 28 heavy (non-hydrogen) atoms. The molecule has 0 spiro atoms. The predicted octanol–water partition coefficient (Wildman–Crippen LogP) is 6.17. The van der Waals surface area contributed by atoms with Crippen molar-refractivity contribution in [1.82, 2.24) is 0 Å². The molecule has 2 aromatic rings. The van der Waals surface area contributed by atoms with Crippen molar-refractivity contribution in [3.63, 3.8) is 0 Å². The zero-order valence-electron chi connectivity index (χ0n) is 17.5. The Kier molecular flexibility index (Phi) is 7.15. The molecular formula is C24H33O3P. The number of ether oxygens (including phenoxy) is 1. The van der Waals surface area contributed by atoms with Crippen LogP contribution in [0.15, 0.2) is 30.3 Å². The van der Waals surface area contributed by atoms with Crippen LogP contribution in [0.25, 0.3) is 0 Å². The van der Waals surface area contributed by atoms with E-state index in [1.807, 2.05) is 6.07 Å². The molecule has 152 valence electrons. The third-order valence-electron chi connectivity index (χ3n) is 5.79. The van der Waals surface area contributed by atoms with Crippen LogP contribution in [0.1, 0.15) is 85.3 Å². The van der Waals surface area contributed by atoms with Gasteiger partial charge in [0.05, 0.1) is 0 Å². The van der Waals surface area contributed by atoms with Crippen molar-refractivity contribution >= 4 is 8.38 Å². The van der Waals surface area contributed by atoms with Gasteiger partial charge < -0.3 is 14.5 Å². The van der Waals surface area contributed by atoms with Gasteiger partial charge in [-0.2, -0.15) is 0 Å². The van der Waals surface area contributed by atoms with Crippen molar-refractivity contribution in [2.24, 2.45) is 0 Å². The smallest absolute Gasteiger partial charge is 0.205 e. The number of benzene rings is 2. The molecule has 0 aromatic heterocycles. The highest BCUT2D eigenvalue weighted by Gasteiger charge is 2.25. The van der Waals surface area contributed by atoms with Crippen LogP contribution in [0.2, 0.25) is 0 Å². The molecule has 3 rings (SSSR count). The Morgan fingerprint density at radius 1 is 1.18 bits per heavy atom. The van der Waals surface area contributed by atoms with Crippen LogP contribution in [0.4, 0.5) is 0 Å². The molecule has 0 heterocycles. The van der Waals surface area contributed by atoms with E-state index >= 15 is 0 Å². The topological polar surface area (TPSA) is 49.7 Å². The van der Waals surface area contributed by atoms with Gasteiger partial charge in [0.1, 0.15) is 5.75 Å². The summed E-state index contributed by atoms with van der Waals surface area (Å²) in [4.78, 5) is 18.3. The number of hydrogen-bond acceptors (Lipinski definition) is 3. The first-order chi connectivity index (χ1) is 13.4. The lowest BCUT2D eigenvalue weighted by molar-refractivity contribution is 0.347. The summed E-state index contributed by atoms with van der Waals surface area (Å²) < 4.78 is 5.58. The van der Waals surface area contributed by atoms with E-state index in [4.69, 9.17) is 14.5 Å². The third kappa shape index (κ3) is 4.76. The van der Waals surface area contributed by atoms with Gasteiger partial charge in [0, 0.05) is 5.92 Å². The van der Waals surface area contributed by atoms with Gasteiger partial charge in [-0.15, -0.1) is 0 Å². The average molecular weight is 400 g/mol. The van der Waals surface area contributed by atoms with Gasteiger partial charge in [0.15, 0.2) is 6.35 Å². The SMILES string of the molecule is CCCc1ccc(C2CCCc3cc(OCP(O)O)cc(C)c32)cc1C(C)C. The van der Waals surface area contributed by atoms with Crippen LogP contribution >= 0.6 is 8.38 Å². The highest BCUT2D eigenvalue weighted by Crippen LogP contribution is 2.41. The minimum absolute atomic E-state index is 0.0341. The molecule has 0 bridgehead atoms. The van der Waals surface area contributed by atoms with Crippen molar-refractivity contribution in [1.29, 1.82) is 0 Å². The first kappa shape index (κ1) is 21.3. The molecular weight excluding hydrogens is 367 g/mol. The van der Waals surface area contributed by atoms with Crippen LogP contribution in [-0.2, 0) is 12.8 Å². The summed E-state index contributed by atoms with van der Waals surface area (Å²) in [7, 11) is -2.03. The fourth-order valence-corrected chi connectivity index (χ4v) is 4.86. The normalized spacial score (nSPS) is 16.5. The number of hydrogen-bond donors (Lipinski definition) is 2. The number of fused-ring (bicyclic) bond motifs is 1. The average Bonchev–Trinajstić information content (AvgIpc) is 2.66. The van der Waals surface area contributed by atoms with Gasteiger partial charge in [-0.1, -0.05) is 45.4 Å². The standard InChI is InChI=1S/C24H33O3P/c1-5-7-18-10-11-19(14-23(18)16(2)3)22-9-6-8-20-13-21(27-15-28(25)26)12-17(4)24(20)22/h10-14,16,22,25-26H,5-9,15H2,1-4H3. The maximum absolute atomic E-state index is 9.14. The van der Waals surface area contributed by atoms with E-state index in [-0.39, 0.29) is 6.35 Å². The van der Waals surface area contributed by atoms with Crippen molar-refractivity contribution in [3.8, 4) is 5.75 Å². The number of rotatable bonds is 7. The summed E-state index contributed by atoms with van der Waals surface area (Å²) in [6.07, 6.45) is 5.69. The Bertz CT molecular complexity index is 814. The second kappa shape index (κ2) is 9.39. The second-order valence-corrected chi connectivity index (χ2v) is 9.27. The lowest BCUT2D eigenvalue weighted by Gasteiger charge is -2.29. The predicted molar refractivity (Wildman–Crippen MR) is 117 cm³/mol. The largest absolute Gasteiger partial charge is 0.484 e. The van der Waals surface area contributed by atoms with Crippen molar-refractivity contribution < 1.29 is 14.5 Å². The van der Waals surface area contributed by atoms with E-state index in [1.165, 1.54) is 52.6 Å². The zero-order valence-corrected chi connectivity index (χ0v) is 18.4. The van der Waals surface area contributed by atoms with E-state index in [2.05, 4.69) is 52.0 Å². The lowest BCUT2D eigenvalue weighted by Crippen LogP contribution is -2.14. The summed E-state index contributed by atoms with van der Waals surface area (Å²) in [5.41, 5.74) is 8.42. The van der Waals surface area contributed by atoms with Gasteiger partial charge in [-0.25, -0.2) is 0 Å². The number of aryl methyl sites for hydroxylation is 3. The Hall–Kier alpha value is -1.41. The van der Waals surface area contributed by atoms with E-state index < -0.39 is 8.38 Å². The van der Waals surface area contributed by atoms with Crippen molar-refractivity contribution in [3.05, 3.63) is 63.7 Å². The quantitative estimate of drug-likeness (QED) is 0.546. The molecule has 1 unspecified atom stereocenters. The van der Waals surface area contributed by atoms with Crippen molar-refractivity contribution in [2.75, 3.05) is 6.35 Å². The fraction of sp³-hybridized carbons (Fsp3) is 0.500. The molecule has 0 saturated heterocycles. The van der Waals surface area contributed by atoms with Crippen LogP contribution in [0.3, 0.4) is 0 Å². The monoisotopic (exact) mass is 400 g/mol. The molecule has 2 aromatic carbocycles. The van der Waals surface area contributed by atoms with Gasteiger partial charge >= 0.3 is 0 Å². The second-order valence-electron chi connectivity index (χ2n) is 8.27. The first-order valence-electron chi connectivity index (χ1n) is 10.4. The Labute approximate surface area is 170 Å².